The Morgan fingerprint density at radius 2 is 1.52 bits per heavy atom. The molecule has 0 spiro atoms. The summed E-state index contributed by atoms with van der Waals surface area (Å²) in [5.74, 6) is 8.13. The second kappa shape index (κ2) is 8.50. The lowest BCUT2D eigenvalue weighted by Gasteiger charge is -2.61. The average Bonchev–Trinajstić information content (AvgIpc) is 3.04. The van der Waals surface area contributed by atoms with Gasteiger partial charge >= 0.3 is 0 Å². The highest BCUT2D eigenvalue weighted by Gasteiger charge is 2.60. The van der Waals surface area contributed by atoms with Crippen molar-refractivity contribution in [1.29, 1.82) is 0 Å². The van der Waals surface area contributed by atoms with E-state index in [9.17, 15) is 0 Å². The van der Waals surface area contributed by atoms with Gasteiger partial charge < -0.3 is 0 Å². The van der Waals surface area contributed by atoms with Gasteiger partial charge in [0, 0.05) is 0 Å². The first-order chi connectivity index (χ1) is 13.8. The quantitative estimate of drug-likeness (QED) is 0.417. The summed E-state index contributed by atoms with van der Waals surface area (Å²) < 4.78 is 0. The Kier molecular flexibility index (Phi) is 6.51. The van der Waals surface area contributed by atoms with Gasteiger partial charge in [-0.2, -0.15) is 0 Å². The normalized spacial score (nSPS) is 48.1. The summed E-state index contributed by atoms with van der Waals surface area (Å²) in [5, 5.41) is 0. The molecule has 29 heavy (non-hydrogen) atoms. The molecule has 0 aromatic rings. The molecule has 4 aliphatic carbocycles. The van der Waals surface area contributed by atoms with Crippen molar-refractivity contribution in [3.05, 3.63) is 0 Å². The predicted octanol–water partition coefficient (Wildman–Crippen LogP) is 9.13. The van der Waals surface area contributed by atoms with E-state index >= 15 is 0 Å². The lowest BCUT2D eigenvalue weighted by atomic mass is 9.44. The molecule has 0 N–H and O–H groups in total. The molecule has 0 amide bonds. The van der Waals surface area contributed by atoms with Gasteiger partial charge in [0.05, 0.1) is 0 Å². The fourth-order valence-electron chi connectivity index (χ4n) is 9.74. The zero-order valence-corrected chi connectivity index (χ0v) is 20.8. The van der Waals surface area contributed by atoms with Crippen LogP contribution in [-0.2, 0) is 0 Å². The van der Waals surface area contributed by atoms with E-state index in [1.807, 2.05) is 0 Å². The summed E-state index contributed by atoms with van der Waals surface area (Å²) >= 11 is 0. The van der Waals surface area contributed by atoms with E-state index in [4.69, 9.17) is 0 Å². The lowest BCUT2D eigenvalue weighted by Crippen LogP contribution is -2.53. The molecule has 9 atom stereocenters. The summed E-state index contributed by atoms with van der Waals surface area (Å²) in [6.07, 6.45) is 19.8. The van der Waals surface area contributed by atoms with Crippen LogP contribution < -0.4 is 0 Å². The van der Waals surface area contributed by atoms with Crippen LogP contribution in [0.25, 0.3) is 0 Å². The fraction of sp³-hybridized carbons (Fsp3) is 1.00. The Balaban J connectivity index is 1.45. The highest BCUT2D eigenvalue weighted by molar-refractivity contribution is 5.09. The molecule has 4 aliphatic rings. The molecule has 2 unspecified atom stereocenters. The molecule has 0 aromatic heterocycles. The smallest absolute Gasteiger partial charge is 0.0264 e. The van der Waals surface area contributed by atoms with Crippen LogP contribution in [0.15, 0.2) is 0 Å². The van der Waals surface area contributed by atoms with E-state index < -0.39 is 0 Å². The van der Waals surface area contributed by atoms with Crippen LogP contribution >= 0.6 is 0 Å². The van der Waals surface area contributed by atoms with Gasteiger partial charge in [0.15, 0.2) is 0 Å². The standard InChI is InChI=1S/C29H52/c1-7-22-15-17-28(5)23(19-22)11-12-24-26-14-13-25(21(4)10-8-9-20(2)3)29(26,6)18-16-27(24)28/h20-27H,7-19H2,1-6H3/t21-,22+,23-,24+,25?,26?,27+,28+,29-/m1/s1. The number of rotatable bonds is 6. The van der Waals surface area contributed by atoms with Gasteiger partial charge in [-0.3, -0.25) is 0 Å². The first-order valence-corrected chi connectivity index (χ1v) is 13.8. The van der Waals surface area contributed by atoms with Crippen molar-refractivity contribution in [2.45, 2.75) is 125 Å². The summed E-state index contributed by atoms with van der Waals surface area (Å²) in [4.78, 5) is 0. The van der Waals surface area contributed by atoms with Crippen LogP contribution in [-0.4, -0.2) is 0 Å². The Morgan fingerprint density at radius 1 is 0.793 bits per heavy atom. The zero-order valence-electron chi connectivity index (χ0n) is 20.8. The van der Waals surface area contributed by atoms with E-state index in [2.05, 4.69) is 41.5 Å². The number of hydrogen-bond acceptors (Lipinski definition) is 0. The highest BCUT2D eigenvalue weighted by Crippen LogP contribution is 2.68. The maximum atomic E-state index is 2.76. The first-order valence-electron chi connectivity index (χ1n) is 13.8. The highest BCUT2D eigenvalue weighted by atomic mass is 14.6. The molecule has 0 bridgehead atoms. The number of hydrogen-bond donors (Lipinski definition) is 0. The van der Waals surface area contributed by atoms with Crippen molar-refractivity contribution < 1.29 is 0 Å². The third-order valence-corrected chi connectivity index (χ3v) is 11.6. The SMILES string of the molecule is CC[C@H]1CC[C@@]2(C)[C@H](CC[C@H]3C4CCC([C@H](C)CCCC(C)C)[C@@]4(C)CC[C@@H]32)C1. The third-order valence-electron chi connectivity index (χ3n) is 11.6. The molecule has 4 fully saturated rings. The minimum atomic E-state index is 0.669. The van der Waals surface area contributed by atoms with Crippen LogP contribution in [0.3, 0.4) is 0 Å². The van der Waals surface area contributed by atoms with Gasteiger partial charge in [0.25, 0.3) is 0 Å². The van der Waals surface area contributed by atoms with E-state index in [1.165, 1.54) is 32.1 Å². The second-order valence-corrected chi connectivity index (χ2v) is 13.2. The molecule has 0 nitrogen and oxygen atoms in total. The van der Waals surface area contributed by atoms with Crippen LogP contribution in [0, 0.1) is 58.2 Å². The summed E-state index contributed by atoms with van der Waals surface area (Å²) in [6, 6.07) is 0. The van der Waals surface area contributed by atoms with E-state index in [-0.39, 0.29) is 0 Å². The molecule has 0 saturated heterocycles. The molecular weight excluding hydrogens is 348 g/mol. The first kappa shape index (κ1) is 22.2. The van der Waals surface area contributed by atoms with Gasteiger partial charge in [-0.1, -0.05) is 67.2 Å². The van der Waals surface area contributed by atoms with Crippen molar-refractivity contribution in [1.82, 2.24) is 0 Å². The Labute approximate surface area is 183 Å². The van der Waals surface area contributed by atoms with Crippen molar-refractivity contribution >= 4 is 0 Å². The van der Waals surface area contributed by atoms with E-state index in [0.29, 0.717) is 10.8 Å². The van der Waals surface area contributed by atoms with Gasteiger partial charge in [-0.15, -0.1) is 0 Å². The summed E-state index contributed by atoms with van der Waals surface area (Å²) in [6.45, 7) is 15.4. The largest absolute Gasteiger partial charge is 0.0651 e. The average molecular weight is 401 g/mol. The van der Waals surface area contributed by atoms with Gasteiger partial charge in [0.2, 0.25) is 0 Å². The molecule has 168 valence electrons. The van der Waals surface area contributed by atoms with Crippen LogP contribution in [0.1, 0.15) is 125 Å². The Bertz CT molecular complexity index is 548. The van der Waals surface area contributed by atoms with Gasteiger partial charge in [-0.05, 0) is 116 Å². The maximum Gasteiger partial charge on any atom is -0.0264 e. The molecule has 4 saturated carbocycles. The Hall–Kier alpha value is 0. The molecule has 0 heteroatoms. The zero-order chi connectivity index (χ0) is 20.8. The van der Waals surface area contributed by atoms with Crippen LogP contribution in [0.2, 0.25) is 0 Å². The molecule has 0 aliphatic heterocycles. The van der Waals surface area contributed by atoms with Crippen molar-refractivity contribution in [3.63, 3.8) is 0 Å². The lowest BCUT2D eigenvalue weighted by molar-refractivity contribution is -0.121. The molecule has 0 aromatic carbocycles. The maximum absolute atomic E-state index is 2.76. The fourth-order valence-corrected chi connectivity index (χ4v) is 9.74. The summed E-state index contributed by atoms with van der Waals surface area (Å²) in [7, 11) is 0. The molecule has 4 rings (SSSR count). The predicted molar refractivity (Wildman–Crippen MR) is 127 cm³/mol. The molecule has 0 radical (unpaired) electrons. The summed E-state index contributed by atoms with van der Waals surface area (Å²) in [5.41, 5.74) is 1.36. The second-order valence-electron chi connectivity index (χ2n) is 13.2. The molecule has 0 heterocycles. The van der Waals surface area contributed by atoms with Crippen LogP contribution in [0.5, 0.6) is 0 Å². The Morgan fingerprint density at radius 3 is 2.24 bits per heavy atom. The van der Waals surface area contributed by atoms with Crippen molar-refractivity contribution in [2.24, 2.45) is 58.2 Å². The minimum Gasteiger partial charge on any atom is -0.0651 e. The third kappa shape index (κ3) is 3.86. The van der Waals surface area contributed by atoms with Crippen LogP contribution in [0.4, 0.5) is 0 Å². The van der Waals surface area contributed by atoms with Crippen molar-refractivity contribution in [3.8, 4) is 0 Å². The van der Waals surface area contributed by atoms with Gasteiger partial charge in [0.1, 0.15) is 0 Å². The topological polar surface area (TPSA) is 0 Å². The van der Waals surface area contributed by atoms with Gasteiger partial charge in [-0.25, -0.2) is 0 Å². The molecular formula is C29H52. The monoisotopic (exact) mass is 400 g/mol. The van der Waals surface area contributed by atoms with E-state index in [0.717, 1.165) is 47.3 Å². The number of fused-ring (bicyclic) bond motifs is 5. The van der Waals surface area contributed by atoms with Crippen molar-refractivity contribution in [2.75, 3.05) is 0 Å². The minimum absolute atomic E-state index is 0.669. The van der Waals surface area contributed by atoms with E-state index in [1.54, 1.807) is 51.4 Å².